The highest BCUT2D eigenvalue weighted by Gasteiger charge is 2.61. The molecule has 1 amide bonds. The predicted molar refractivity (Wildman–Crippen MR) is 292 cm³/mol. The van der Waals surface area contributed by atoms with Gasteiger partial charge in [0.05, 0.1) is 42.3 Å². The van der Waals surface area contributed by atoms with Gasteiger partial charge in [-0.3, -0.25) is 9.59 Å². The molecule has 4 saturated heterocycles. The van der Waals surface area contributed by atoms with Gasteiger partial charge >= 0.3 is 36.5 Å². The zero-order valence-electron chi connectivity index (χ0n) is 49.3. The summed E-state index contributed by atoms with van der Waals surface area (Å²) in [7, 11) is 2.92. The number of cyclic esters (lactones) is 2. The number of carbonyl (C=O) groups is 6. The van der Waals surface area contributed by atoms with Crippen LogP contribution in [0.5, 0.6) is 0 Å². The number of nitrogens with zero attached hydrogens (tertiary/aromatic N) is 1. The number of aliphatic hydroxyl groups excluding tert-OH is 1. The van der Waals surface area contributed by atoms with Crippen LogP contribution in [0.1, 0.15) is 112 Å². The van der Waals surface area contributed by atoms with Crippen molar-refractivity contribution in [2.24, 2.45) is 17.8 Å². The Labute approximate surface area is 484 Å². The molecule has 0 radical (unpaired) electrons. The number of esters is 2. The van der Waals surface area contributed by atoms with Crippen LogP contribution in [0.15, 0.2) is 91.0 Å². The molecule has 0 spiro atoms. The minimum absolute atomic E-state index is 0.0567. The highest BCUT2D eigenvalue weighted by molar-refractivity contribution is 5.76. The van der Waals surface area contributed by atoms with E-state index >= 15 is 4.79 Å². The average molecular weight is 1160 g/mol. The van der Waals surface area contributed by atoms with Crippen LogP contribution in [-0.4, -0.2) is 151 Å². The number of rotatable bonds is 17. The minimum Gasteiger partial charge on any atom is -0.458 e. The summed E-state index contributed by atoms with van der Waals surface area (Å²) in [5, 5.41) is 11.5. The van der Waals surface area contributed by atoms with E-state index in [0.29, 0.717) is 5.56 Å². The lowest BCUT2D eigenvalue weighted by atomic mass is 9.78. The van der Waals surface area contributed by atoms with Crippen LogP contribution in [0.25, 0.3) is 0 Å². The van der Waals surface area contributed by atoms with Crippen LogP contribution in [0.2, 0.25) is 0 Å². The third-order valence-electron chi connectivity index (χ3n) is 16.1. The van der Waals surface area contributed by atoms with Crippen LogP contribution in [0.3, 0.4) is 0 Å². The number of fused-ring (bicyclic) bond motifs is 1. The van der Waals surface area contributed by atoms with Crippen molar-refractivity contribution in [3.05, 3.63) is 108 Å². The molecule has 4 aliphatic heterocycles. The van der Waals surface area contributed by atoms with E-state index < -0.39 is 145 Å². The van der Waals surface area contributed by atoms with Crippen LogP contribution in [0, 0.1) is 17.8 Å². The van der Waals surface area contributed by atoms with E-state index in [4.69, 9.17) is 66.3 Å². The minimum atomic E-state index is -1.94. The van der Waals surface area contributed by atoms with Gasteiger partial charge in [0, 0.05) is 32.9 Å². The normalized spacial score (nSPS) is 34.3. The molecule has 7 rings (SSSR count). The zero-order chi connectivity index (χ0) is 60.4. The van der Waals surface area contributed by atoms with Gasteiger partial charge in [-0.15, -0.1) is 0 Å². The summed E-state index contributed by atoms with van der Waals surface area (Å²) < 4.78 is 86.7. The van der Waals surface area contributed by atoms with Gasteiger partial charge in [-0.2, -0.15) is 0 Å². The van der Waals surface area contributed by atoms with Gasteiger partial charge in [-0.05, 0) is 84.9 Å². The van der Waals surface area contributed by atoms with Gasteiger partial charge in [0.25, 0.3) is 0 Å². The van der Waals surface area contributed by atoms with E-state index in [2.05, 4.69) is 0 Å². The molecule has 0 bridgehead atoms. The molecule has 4 aliphatic rings. The van der Waals surface area contributed by atoms with Crippen molar-refractivity contribution < 1.29 is 100 Å². The van der Waals surface area contributed by atoms with Crippen molar-refractivity contribution >= 4 is 36.5 Å². The van der Waals surface area contributed by atoms with Gasteiger partial charge in [0.15, 0.2) is 36.5 Å². The number of hydrogen-bond acceptors (Lipinski definition) is 21. The van der Waals surface area contributed by atoms with Gasteiger partial charge in [0.2, 0.25) is 0 Å². The van der Waals surface area contributed by atoms with Crippen molar-refractivity contribution in [3.63, 3.8) is 0 Å². The molecule has 0 aromatic heterocycles. The van der Waals surface area contributed by atoms with Crippen molar-refractivity contribution in [1.82, 2.24) is 4.90 Å². The lowest BCUT2D eigenvalue weighted by Crippen LogP contribution is -2.62. The van der Waals surface area contributed by atoms with Crippen LogP contribution in [-0.2, 0) is 95.7 Å². The third kappa shape index (κ3) is 15.6. The van der Waals surface area contributed by atoms with Crippen molar-refractivity contribution in [2.45, 2.75) is 205 Å². The number of aliphatic hydroxyl groups is 1. The molecule has 4 fully saturated rings. The predicted octanol–water partition coefficient (Wildman–Crippen LogP) is 9.12. The van der Waals surface area contributed by atoms with Crippen molar-refractivity contribution in [1.29, 1.82) is 0 Å². The van der Waals surface area contributed by atoms with Gasteiger partial charge < -0.3 is 76.3 Å². The number of ether oxygens (including phenoxy) is 14. The number of hydrogen-bond donors (Lipinski definition) is 1. The first-order valence-corrected chi connectivity index (χ1v) is 28.2. The number of carbonyl (C=O) groups excluding carboxylic acids is 6. The molecule has 83 heavy (non-hydrogen) atoms. The maximum Gasteiger partial charge on any atom is 0.509 e. The van der Waals surface area contributed by atoms with E-state index in [9.17, 15) is 29.1 Å². The fraction of sp³-hybridized carbons (Fsp3) is 0.607. The second kappa shape index (κ2) is 27.9. The fourth-order valence-corrected chi connectivity index (χ4v) is 11.7. The molecule has 0 unspecified atom stereocenters. The second-order valence-electron chi connectivity index (χ2n) is 22.7. The van der Waals surface area contributed by atoms with Gasteiger partial charge in [-0.25, -0.2) is 19.2 Å². The molecule has 3 aromatic carbocycles. The summed E-state index contributed by atoms with van der Waals surface area (Å²) in [6.07, 6.45) is -17.9. The highest BCUT2D eigenvalue weighted by atomic mass is 16.8. The Morgan fingerprint density at radius 1 is 0.699 bits per heavy atom. The monoisotopic (exact) mass is 1160 g/mol. The summed E-state index contributed by atoms with van der Waals surface area (Å²) in [6.45, 7) is 15.7. The molecule has 22 nitrogen and oxygen atoms in total. The second-order valence-corrected chi connectivity index (χ2v) is 22.7. The van der Waals surface area contributed by atoms with Crippen LogP contribution < -0.4 is 0 Å². The standard InChI is InChI=1S/C61H81NO21/c1-13-45-61(10)50(80-58(69)83-61)39(6)53(65)82-60(9,30-35(2)63)49(37(4)47(38(5)52(64)76-45)77-46-31-59(8,70-12)51(40(7)75-46)81-57(68)73-34-43-27-21-16-22-28-43)79-54-48(78-56(67)72-33-42-25-19-15-20-26-42)44(29-36(3)74-54)62(11)55(66)71-32-41-23-17-14-18-24-41/h14-28,35-40,44-51,54,63H,13,29-34H2,1-12H3/t35-,36+,37-,38+,39-,40-,44-,45-,46-,47-,48+,49+,50+,51-,54-,59+,60+,61+/m0/s1. The first kappa shape index (κ1) is 64.0. The largest absolute Gasteiger partial charge is 0.509 e. The van der Waals surface area contributed by atoms with Crippen molar-refractivity contribution in [3.8, 4) is 0 Å². The Morgan fingerprint density at radius 3 is 1.80 bits per heavy atom. The molecule has 4 heterocycles. The van der Waals surface area contributed by atoms with E-state index in [0.717, 1.165) is 11.1 Å². The van der Waals surface area contributed by atoms with Crippen molar-refractivity contribution in [2.75, 3.05) is 14.2 Å². The lowest BCUT2D eigenvalue weighted by molar-refractivity contribution is -0.319. The maximum absolute atomic E-state index is 15.0. The maximum atomic E-state index is 15.0. The molecule has 0 saturated carbocycles. The Balaban J connectivity index is 1.30. The molecule has 456 valence electrons. The first-order chi connectivity index (χ1) is 39.4. The molecule has 18 atom stereocenters. The smallest absolute Gasteiger partial charge is 0.458 e. The summed E-state index contributed by atoms with van der Waals surface area (Å²) in [4.78, 5) is 85.7. The van der Waals surface area contributed by atoms with E-state index in [1.807, 2.05) is 42.5 Å². The van der Waals surface area contributed by atoms with Gasteiger partial charge in [0.1, 0.15) is 43.2 Å². The summed E-state index contributed by atoms with van der Waals surface area (Å²) in [5.74, 6) is -5.44. The molecule has 3 aromatic rings. The van der Waals surface area contributed by atoms with E-state index in [1.165, 1.54) is 46.8 Å². The average Bonchev–Trinajstić information content (AvgIpc) is 4.04. The van der Waals surface area contributed by atoms with Crippen LogP contribution in [0.4, 0.5) is 19.2 Å². The van der Waals surface area contributed by atoms with Gasteiger partial charge in [-0.1, -0.05) is 105 Å². The number of amides is 1. The first-order valence-electron chi connectivity index (χ1n) is 28.2. The van der Waals surface area contributed by atoms with E-state index in [1.54, 1.807) is 90.1 Å². The fourth-order valence-electron chi connectivity index (χ4n) is 11.7. The lowest BCUT2D eigenvalue weighted by Gasteiger charge is -2.50. The SMILES string of the molecule is CC[C@@H]1OC(=O)[C@H](C)[C@@H](O[C@H]2C[C@@](C)(OC)[C@@H](OC(=O)OCc3ccccc3)[C@H](C)O2)[C@H](C)[C@@H](O[C@@H]2O[C@H](C)C[C@H](N(C)C(=O)OCc3ccccc3)[C@H]2OC(=O)OCc2ccccc2)[C@@](C)(C[C@H](C)O)OC(=O)[C@@H](C)[C@H]2OC(=O)O[C@]12C. The number of likely N-dealkylation sites (N-methyl/N-ethyl adjacent to an activating group) is 1. The molecular weight excluding hydrogens is 1080 g/mol. The molecule has 22 heteroatoms. The third-order valence-corrected chi connectivity index (χ3v) is 16.1. The van der Waals surface area contributed by atoms with E-state index in [-0.39, 0.29) is 45.5 Å². The Hall–Kier alpha value is -6.56. The molecule has 1 N–H and O–H groups in total. The number of benzene rings is 3. The summed E-state index contributed by atoms with van der Waals surface area (Å²) >= 11 is 0. The summed E-state index contributed by atoms with van der Waals surface area (Å²) in [5.41, 5.74) is -2.85. The Bertz CT molecular complexity index is 2650. The number of methoxy groups -OCH3 is 1. The topological polar surface area (TPSA) is 255 Å². The summed E-state index contributed by atoms with van der Waals surface area (Å²) in [6, 6.07) is 26.0. The Morgan fingerprint density at radius 2 is 1.25 bits per heavy atom. The zero-order valence-corrected chi connectivity index (χ0v) is 49.3. The van der Waals surface area contributed by atoms with Crippen LogP contribution >= 0.6 is 0 Å². The molecule has 0 aliphatic carbocycles. The Kier molecular flexibility index (Phi) is 21.5. The highest BCUT2D eigenvalue weighted by Crippen LogP contribution is 2.44. The quantitative estimate of drug-likeness (QED) is 0.0976. The molecular formula is C61H81NO21.